The highest BCUT2D eigenvalue weighted by atomic mass is 16.3. The first kappa shape index (κ1) is 19.3. The third kappa shape index (κ3) is 4.52. The molecule has 4 rings (SSSR count). The van der Waals surface area contributed by atoms with Gasteiger partial charge in [-0.3, -0.25) is 0 Å². The molecule has 0 unspecified atom stereocenters. The molecule has 1 aliphatic heterocycles. The Balaban J connectivity index is 1.67. The molecule has 0 aliphatic carbocycles. The van der Waals surface area contributed by atoms with E-state index < -0.39 is 0 Å². The van der Waals surface area contributed by atoms with E-state index in [1.54, 1.807) is 6.20 Å². The molecule has 0 radical (unpaired) electrons. The number of anilines is 3. The van der Waals surface area contributed by atoms with E-state index in [4.69, 9.17) is 15.0 Å². The quantitative estimate of drug-likeness (QED) is 0.539. The first-order valence-corrected chi connectivity index (χ1v) is 9.85. The Labute approximate surface area is 169 Å². The van der Waals surface area contributed by atoms with Crippen LogP contribution in [-0.4, -0.2) is 71.4 Å². The maximum absolute atomic E-state index is 9.36. The maximum Gasteiger partial charge on any atom is 0.229 e. The van der Waals surface area contributed by atoms with Gasteiger partial charge in [-0.15, -0.1) is 0 Å². The molecular weight excluding hydrogens is 368 g/mol. The first-order valence-electron chi connectivity index (χ1n) is 9.85. The van der Waals surface area contributed by atoms with Crippen LogP contribution in [0.15, 0.2) is 36.5 Å². The number of hydrogen-bond donors (Lipinski definition) is 3. The number of piperazine rings is 1. The number of benzene rings is 1. The number of aromatic nitrogens is 4. The summed E-state index contributed by atoms with van der Waals surface area (Å²) in [4.78, 5) is 22.8. The van der Waals surface area contributed by atoms with Gasteiger partial charge >= 0.3 is 0 Å². The van der Waals surface area contributed by atoms with Gasteiger partial charge in [-0.1, -0.05) is 30.3 Å². The molecule has 2 aromatic heterocycles. The molecule has 9 nitrogen and oxygen atoms in total. The van der Waals surface area contributed by atoms with Gasteiger partial charge in [0.15, 0.2) is 17.0 Å². The van der Waals surface area contributed by atoms with E-state index in [9.17, 15) is 5.11 Å². The minimum Gasteiger partial charge on any atom is -0.395 e. The van der Waals surface area contributed by atoms with Crippen molar-refractivity contribution in [3.05, 3.63) is 42.1 Å². The molecule has 29 heavy (non-hydrogen) atoms. The fourth-order valence-electron chi connectivity index (χ4n) is 3.28. The van der Waals surface area contributed by atoms with Crippen molar-refractivity contribution >= 4 is 28.7 Å². The molecule has 0 bridgehead atoms. The summed E-state index contributed by atoms with van der Waals surface area (Å²) >= 11 is 0. The Morgan fingerprint density at radius 3 is 2.69 bits per heavy atom. The highest BCUT2D eigenvalue weighted by Gasteiger charge is 2.19. The lowest BCUT2D eigenvalue weighted by Crippen LogP contribution is -2.44. The number of nitrogens with one attached hydrogen (secondary N) is 2. The van der Waals surface area contributed by atoms with E-state index in [1.807, 2.05) is 30.1 Å². The van der Waals surface area contributed by atoms with Gasteiger partial charge in [-0.2, -0.15) is 9.97 Å². The van der Waals surface area contributed by atoms with Crippen LogP contribution in [-0.2, 0) is 6.54 Å². The molecule has 0 saturated carbocycles. The van der Waals surface area contributed by atoms with Crippen molar-refractivity contribution in [1.82, 2.24) is 25.3 Å². The predicted molar refractivity (Wildman–Crippen MR) is 114 cm³/mol. The smallest absolute Gasteiger partial charge is 0.229 e. The van der Waals surface area contributed by atoms with E-state index >= 15 is 0 Å². The predicted octanol–water partition coefficient (Wildman–Crippen LogP) is 0.870. The second kappa shape index (κ2) is 8.97. The van der Waals surface area contributed by atoms with E-state index in [1.165, 1.54) is 5.56 Å². The van der Waals surface area contributed by atoms with Crippen molar-refractivity contribution in [2.24, 2.45) is 0 Å². The van der Waals surface area contributed by atoms with Gasteiger partial charge in [0.2, 0.25) is 5.95 Å². The maximum atomic E-state index is 9.36. The zero-order valence-corrected chi connectivity index (χ0v) is 16.5. The van der Waals surface area contributed by atoms with Crippen molar-refractivity contribution in [3.63, 3.8) is 0 Å². The van der Waals surface area contributed by atoms with Crippen molar-refractivity contribution in [1.29, 1.82) is 0 Å². The van der Waals surface area contributed by atoms with Crippen LogP contribution in [0.2, 0.25) is 0 Å². The SMILES string of the molecule is CN(CCO)c1nc(N2CCNCC2)nc2nc(NCc3ccccc3)cnc12. The van der Waals surface area contributed by atoms with Crippen molar-refractivity contribution in [3.8, 4) is 0 Å². The zero-order valence-electron chi connectivity index (χ0n) is 16.5. The monoisotopic (exact) mass is 394 g/mol. The highest BCUT2D eigenvalue weighted by molar-refractivity contribution is 5.84. The fourth-order valence-corrected chi connectivity index (χ4v) is 3.28. The van der Waals surface area contributed by atoms with Crippen molar-refractivity contribution in [2.75, 3.05) is 61.5 Å². The molecule has 3 heterocycles. The van der Waals surface area contributed by atoms with E-state index in [0.29, 0.717) is 41.8 Å². The molecular formula is C20H26N8O. The van der Waals surface area contributed by atoms with Gasteiger partial charge in [0.25, 0.3) is 0 Å². The summed E-state index contributed by atoms with van der Waals surface area (Å²) in [5.41, 5.74) is 2.35. The lowest BCUT2D eigenvalue weighted by atomic mass is 10.2. The lowest BCUT2D eigenvalue weighted by molar-refractivity contribution is 0.304. The Kier molecular flexibility index (Phi) is 5.97. The highest BCUT2D eigenvalue weighted by Crippen LogP contribution is 2.24. The van der Waals surface area contributed by atoms with Gasteiger partial charge in [0.1, 0.15) is 5.82 Å². The van der Waals surface area contributed by atoms with E-state index in [2.05, 4.69) is 32.7 Å². The van der Waals surface area contributed by atoms with Crippen LogP contribution < -0.4 is 20.4 Å². The third-order valence-electron chi connectivity index (χ3n) is 4.89. The Morgan fingerprint density at radius 2 is 1.93 bits per heavy atom. The van der Waals surface area contributed by atoms with Gasteiger partial charge in [-0.25, -0.2) is 9.97 Å². The van der Waals surface area contributed by atoms with Gasteiger partial charge in [0, 0.05) is 46.3 Å². The Morgan fingerprint density at radius 1 is 1.14 bits per heavy atom. The van der Waals surface area contributed by atoms with E-state index in [0.717, 1.165) is 26.2 Å². The van der Waals surface area contributed by atoms with Crippen LogP contribution >= 0.6 is 0 Å². The molecule has 1 fully saturated rings. The molecule has 0 amide bonds. The summed E-state index contributed by atoms with van der Waals surface area (Å²) in [6, 6.07) is 10.2. The van der Waals surface area contributed by atoms with Gasteiger partial charge in [-0.05, 0) is 5.56 Å². The van der Waals surface area contributed by atoms with Crippen LogP contribution in [0.5, 0.6) is 0 Å². The number of rotatable bonds is 7. The van der Waals surface area contributed by atoms with Gasteiger partial charge in [0.05, 0.1) is 12.8 Å². The Hall–Kier alpha value is -3.04. The second-order valence-electron chi connectivity index (χ2n) is 7.00. The number of aliphatic hydroxyl groups excluding tert-OH is 1. The van der Waals surface area contributed by atoms with Crippen LogP contribution in [0.3, 0.4) is 0 Å². The molecule has 3 N–H and O–H groups in total. The van der Waals surface area contributed by atoms with Crippen LogP contribution in [0.1, 0.15) is 5.56 Å². The molecule has 1 saturated heterocycles. The summed E-state index contributed by atoms with van der Waals surface area (Å²) in [6.07, 6.45) is 1.70. The lowest BCUT2D eigenvalue weighted by Gasteiger charge is -2.28. The minimum atomic E-state index is 0.0368. The topological polar surface area (TPSA) is 102 Å². The molecule has 152 valence electrons. The Bertz CT molecular complexity index is 946. The van der Waals surface area contributed by atoms with Gasteiger partial charge < -0.3 is 25.5 Å². The first-order chi connectivity index (χ1) is 14.2. The standard InChI is InChI=1S/C20H26N8O/c1-27(11-12-29)19-17-18(25-20(26-19)28-9-7-21-8-10-28)24-16(14-23-17)22-13-15-5-3-2-4-6-15/h2-6,14,21,29H,7-13H2,1H3,(H,22,24,25,26). The summed E-state index contributed by atoms with van der Waals surface area (Å²) < 4.78 is 0. The summed E-state index contributed by atoms with van der Waals surface area (Å²) in [5.74, 6) is 2.00. The molecule has 0 atom stereocenters. The number of aliphatic hydroxyl groups is 1. The van der Waals surface area contributed by atoms with E-state index in [-0.39, 0.29) is 6.61 Å². The largest absolute Gasteiger partial charge is 0.395 e. The molecule has 1 aliphatic rings. The number of fused-ring (bicyclic) bond motifs is 1. The minimum absolute atomic E-state index is 0.0368. The fraction of sp³-hybridized carbons (Fsp3) is 0.400. The average molecular weight is 394 g/mol. The van der Waals surface area contributed by atoms with Crippen molar-refractivity contribution in [2.45, 2.75) is 6.54 Å². The normalized spacial score (nSPS) is 14.2. The third-order valence-corrected chi connectivity index (χ3v) is 4.89. The van der Waals surface area contributed by atoms with Crippen LogP contribution in [0.4, 0.5) is 17.6 Å². The summed E-state index contributed by atoms with van der Waals surface area (Å²) in [6.45, 7) is 4.63. The van der Waals surface area contributed by atoms with Crippen LogP contribution in [0, 0.1) is 0 Å². The van der Waals surface area contributed by atoms with Crippen molar-refractivity contribution < 1.29 is 5.11 Å². The molecule has 1 aromatic carbocycles. The molecule has 3 aromatic rings. The zero-order chi connectivity index (χ0) is 20.1. The van der Waals surface area contributed by atoms with Crippen LogP contribution in [0.25, 0.3) is 11.2 Å². The molecule has 0 spiro atoms. The summed E-state index contributed by atoms with van der Waals surface area (Å²) in [7, 11) is 1.89. The number of likely N-dealkylation sites (N-methyl/N-ethyl adjacent to an activating group) is 1. The average Bonchev–Trinajstić information content (AvgIpc) is 2.78. The summed E-state index contributed by atoms with van der Waals surface area (Å²) in [5, 5.41) is 16.0. The second-order valence-corrected chi connectivity index (χ2v) is 7.00. The number of hydrogen-bond acceptors (Lipinski definition) is 9. The number of nitrogens with zero attached hydrogens (tertiary/aromatic N) is 6. The molecule has 9 heteroatoms.